The van der Waals surface area contributed by atoms with E-state index in [0.717, 1.165) is 0 Å². The van der Waals surface area contributed by atoms with Crippen LogP contribution in [-0.2, 0) is 14.4 Å². The van der Waals surface area contributed by atoms with Crippen LogP contribution in [0.2, 0.25) is 0 Å². The van der Waals surface area contributed by atoms with Crippen LogP contribution in [0.1, 0.15) is 70.2 Å². The molecule has 2 aliphatic rings. The van der Waals surface area contributed by atoms with E-state index in [1.54, 1.807) is 29.2 Å². The van der Waals surface area contributed by atoms with Crippen LogP contribution >= 0.6 is 0 Å². The predicted octanol–water partition coefficient (Wildman–Crippen LogP) is 1.61. The molecule has 4 N–H and O–H groups in total. The van der Waals surface area contributed by atoms with E-state index < -0.39 is 24.1 Å². The van der Waals surface area contributed by atoms with Gasteiger partial charge in [0.2, 0.25) is 17.7 Å². The number of benzene rings is 1. The van der Waals surface area contributed by atoms with E-state index in [0.29, 0.717) is 38.1 Å². The van der Waals surface area contributed by atoms with Crippen molar-refractivity contribution in [2.24, 2.45) is 11.8 Å². The molecule has 10 heteroatoms. The average molecular weight is 531 g/mol. The highest BCUT2D eigenvalue weighted by molar-refractivity contribution is 6.00. The van der Waals surface area contributed by atoms with Crippen molar-refractivity contribution in [2.45, 2.75) is 84.0 Å². The molecule has 10 nitrogen and oxygen atoms in total. The Labute approximate surface area is 224 Å². The molecular weight excluding hydrogens is 488 g/mol. The second kappa shape index (κ2) is 13.6. The minimum atomic E-state index is -0.942. The number of ether oxygens (including phenoxy) is 1. The summed E-state index contributed by atoms with van der Waals surface area (Å²) in [5.41, 5.74) is 0.269. The minimum absolute atomic E-state index is 0.0380. The van der Waals surface area contributed by atoms with Gasteiger partial charge in [-0.1, -0.05) is 39.8 Å². The first-order chi connectivity index (χ1) is 18.0. The number of aliphatic hydroxyl groups excluding tert-OH is 1. The zero-order chi connectivity index (χ0) is 27.8. The Morgan fingerprint density at radius 2 is 1.71 bits per heavy atom. The number of hydrogen-bond acceptors (Lipinski definition) is 6. The lowest BCUT2D eigenvalue weighted by Gasteiger charge is -2.32. The highest BCUT2D eigenvalue weighted by atomic mass is 16.5. The summed E-state index contributed by atoms with van der Waals surface area (Å²) in [4.78, 5) is 54.5. The zero-order valence-electron chi connectivity index (χ0n) is 22.9. The van der Waals surface area contributed by atoms with Crippen molar-refractivity contribution in [3.8, 4) is 5.75 Å². The molecule has 0 aromatic heterocycles. The van der Waals surface area contributed by atoms with Crippen LogP contribution in [-0.4, -0.2) is 77.6 Å². The number of nitrogens with zero attached hydrogens (tertiary/aromatic N) is 1. The molecule has 0 unspecified atom stereocenters. The van der Waals surface area contributed by atoms with E-state index in [1.165, 1.54) is 0 Å². The number of rotatable bonds is 4. The lowest BCUT2D eigenvalue weighted by molar-refractivity contribution is -0.136. The summed E-state index contributed by atoms with van der Waals surface area (Å²) in [6.45, 7) is 8.79. The van der Waals surface area contributed by atoms with Gasteiger partial charge in [-0.05, 0) is 49.7 Å². The van der Waals surface area contributed by atoms with Crippen LogP contribution in [0.3, 0.4) is 0 Å². The third-order valence-corrected chi connectivity index (χ3v) is 7.08. The van der Waals surface area contributed by atoms with Gasteiger partial charge in [0.25, 0.3) is 5.91 Å². The molecule has 0 bridgehead atoms. The van der Waals surface area contributed by atoms with Gasteiger partial charge in [0.1, 0.15) is 24.4 Å². The number of piperidine rings is 1. The molecular formula is C28H42N4O6. The first-order valence-electron chi connectivity index (χ1n) is 13.6. The summed E-state index contributed by atoms with van der Waals surface area (Å²) in [6, 6.07) is 4.75. The third-order valence-electron chi connectivity index (χ3n) is 7.08. The van der Waals surface area contributed by atoms with Crippen LogP contribution in [0, 0.1) is 11.8 Å². The maximum absolute atomic E-state index is 13.4. The number of amides is 4. The Hall–Kier alpha value is -3.14. The highest BCUT2D eigenvalue weighted by Gasteiger charge is 2.32. The molecule has 0 aliphatic carbocycles. The fraction of sp³-hybridized carbons (Fsp3) is 0.643. The number of fused-ring (bicyclic) bond motifs is 1. The molecule has 1 aromatic rings. The number of carbonyl (C=O) groups is 4. The van der Waals surface area contributed by atoms with E-state index in [2.05, 4.69) is 16.0 Å². The van der Waals surface area contributed by atoms with Crippen LogP contribution < -0.4 is 20.7 Å². The molecule has 3 atom stereocenters. The van der Waals surface area contributed by atoms with Gasteiger partial charge in [-0.15, -0.1) is 0 Å². The Morgan fingerprint density at radius 1 is 1.03 bits per heavy atom. The fourth-order valence-corrected chi connectivity index (χ4v) is 4.69. The zero-order valence-corrected chi connectivity index (χ0v) is 22.9. The summed E-state index contributed by atoms with van der Waals surface area (Å²) in [5.74, 6) is -0.871. The van der Waals surface area contributed by atoms with E-state index in [4.69, 9.17) is 4.74 Å². The Morgan fingerprint density at radius 3 is 2.37 bits per heavy atom. The number of para-hydroxylation sites is 1. The van der Waals surface area contributed by atoms with Gasteiger partial charge >= 0.3 is 0 Å². The lowest BCUT2D eigenvalue weighted by Crippen LogP contribution is -2.53. The van der Waals surface area contributed by atoms with Gasteiger partial charge in [0, 0.05) is 19.5 Å². The summed E-state index contributed by atoms with van der Waals surface area (Å²) < 4.78 is 6.03. The maximum Gasteiger partial charge on any atom is 0.255 e. The molecule has 210 valence electrons. The minimum Gasteiger partial charge on any atom is -0.491 e. The van der Waals surface area contributed by atoms with Crippen molar-refractivity contribution in [2.75, 3.05) is 19.7 Å². The quantitative estimate of drug-likeness (QED) is 0.467. The number of likely N-dealkylation sites (tertiary alicyclic amines) is 1. The number of aliphatic hydroxyl groups is 1. The third kappa shape index (κ3) is 8.18. The van der Waals surface area contributed by atoms with Crippen molar-refractivity contribution in [1.82, 2.24) is 20.9 Å². The second-order valence-electron chi connectivity index (χ2n) is 11.0. The van der Waals surface area contributed by atoms with Crippen LogP contribution in [0.25, 0.3) is 0 Å². The summed E-state index contributed by atoms with van der Waals surface area (Å²) in [6.07, 6.45) is 0.972. The number of carbonyl (C=O) groups excluding carboxylic acids is 4. The van der Waals surface area contributed by atoms with Gasteiger partial charge in [-0.3, -0.25) is 19.2 Å². The topological polar surface area (TPSA) is 137 Å². The van der Waals surface area contributed by atoms with Crippen LogP contribution in [0.5, 0.6) is 5.75 Å². The van der Waals surface area contributed by atoms with Gasteiger partial charge in [0.05, 0.1) is 17.7 Å². The number of hydrogen-bond donors (Lipinski definition) is 4. The first-order valence-corrected chi connectivity index (χ1v) is 13.6. The molecule has 1 fully saturated rings. The Balaban J connectivity index is 1.91. The standard InChI is InChI=1S/C28H42N4O6/c1-17(2)15-22-27(36)31-23(18(3)4)16-38-24-8-6-5-7-20(24)26(35)30-21(9-10-25(34)29-22)28(37)32-13-11-19(33)12-14-32/h5-8,17-19,21-23,33H,9-16H2,1-4H3,(H,29,34)(H,30,35)(H,31,36)/t21-,22+,23+/m0/s1. The van der Waals surface area contributed by atoms with Gasteiger partial charge in [-0.2, -0.15) is 0 Å². The van der Waals surface area contributed by atoms with E-state index in [1.807, 2.05) is 27.7 Å². The van der Waals surface area contributed by atoms with Gasteiger partial charge < -0.3 is 30.7 Å². The Bertz CT molecular complexity index is 989. The molecule has 38 heavy (non-hydrogen) atoms. The smallest absolute Gasteiger partial charge is 0.255 e. The highest BCUT2D eigenvalue weighted by Crippen LogP contribution is 2.21. The van der Waals surface area contributed by atoms with Crippen molar-refractivity contribution in [3.63, 3.8) is 0 Å². The van der Waals surface area contributed by atoms with Crippen molar-refractivity contribution >= 4 is 23.6 Å². The average Bonchev–Trinajstić information content (AvgIpc) is 2.87. The van der Waals surface area contributed by atoms with E-state index in [-0.39, 0.29) is 60.6 Å². The summed E-state index contributed by atoms with van der Waals surface area (Å²) in [7, 11) is 0. The molecule has 2 heterocycles. The molecule has 1 saturated heterocycles. The van der Waals surface area contributed by atoms with Crippen molar-refractivity contribution in [1.29, 1.82) is 0 Å². The lowest BCUT2D eigenvalue weighted by atomic mass is 10.00. The predicted molar refractivity (Wildman–Crippen MR) is 142 cm³/mol. The molecule has 3 rings (SSSR count). The molecule has 0 radical (unpaired) electrons. The summed E-state index contributed by atoms with van der Waals surface area (Å²) in [5, 5.41) is 18.5. The molecule has 4 amide bonds. The molecule has 0 saturated carbocycles. The molecule has 1 aromatic carbocycles. The van der Waals surface area contributed by atoms with Crippen molar-refractivity contribution < 1.29 is 29.0 Å². The summed E-state index contributed by atoms with van der Waals surface area (Å²) >= 11 is 0. The maximum atomic E-state index is 13.4. The van der Waals surface area contributed by atoms with E-state index in [9.17, 15) is 24.3 Å². The van der Waals surface area contributed by atoms with Gasteiger partial charge in [0.15, 0.2) is 0 Å². The first kappa shape index (κ1) is 29.4. The normalized spacial score (nSPS) is 24.4. The van der Waals surface area contributed by atoms with Crippen LogP contribution in [0.15, 0.2) is 24.3 Å². The SMILES string of the molecule is CC(C)C[C@H]1NC(=O)CC[C@@H](C(=O)N2CCC(O)CC2)NC(=O)c2ccccc2OC[C@H](C(C)C)NC1=O. The second-order valence-corrected chi connectivity index (χ2v) is 11.0. The largest absolute Gasteiger partial charge is 0.491 e. The fourth-order valence-electron chi connectivity index (χ4n) is 4.69. The number of nitrogens with one attached hydrogen (secondary N) is 3. The Kier molecular flexibility index (Phi) is 10.5. The van der Waals surface area contributed by atoms with E-state index >= 15 is 0 Å². The molecule has 0 spiro atoms. The van der Waals surface area contributed by atoms with Crippen LogP contribution in [0.4, 0.5) is 0 Å². The van der Waals surface area contributed by atoms with Crippen molar-refractivity contribution in [3.05, 3.63) is 29.8 Å². The monoisotopic (exact) mass is 530 g/mol. The van der Waals surface area contributed by atoms with Gasteiger partial charge in [-0.25, -0.2) is 0 Å². The molecule has 2 aliphatic heterocycles.